The number of carbonyl (C=O) groups excluding carboxylic acids is 2. The second-order valence-corrected chi connectivity index (χ2v) is 5.13. The number of amides is 1. The molecule has 3 atom stereocenters. The molecule has 0 aliphatic rings. The standard InChI is InChI=1S/C13H26N2O3/c1-6-9(4)11(13(17)18-5)15-12(16)10(14)7-8(2)3/h8-11H,6-7,14H2,1-5H3,(H,15,16)/t9?,10-,11?/m0/s1. The molecule has 0 saturated heterocycles. The van der Waals surface area contributed by atoms with Crippen LogP contribution in [0.25, 0.3) is 0 Å². The van der Waals surface area contributed by atoms with E-state index in [2.05, 4.69) is 5.32 Å². The first-order valence-electron chi connectivity index (χ1n) is 6.47. The third-order valence-electron chi connectivity index (χ3n) is 3.03. The summed E-state index contributed by atoms with van der Waals surface area (Å²) in [6, 6.07) is -1.20. The molecule has 0 aromatic heterocycles. The first kappa shape index (κ1) is 16.9. The number of hydrogen-bond acceptors (Lipinski definition) is 4. The Hall–Kier alpha value is -1.10. The Labute approximate surface area is 109 Å². The molecule has 3 N–H and O–H groups in total. The van der Waals surface area contributed by atoms with Crippen molar-refractivity contribution in [2.24, 2.45) is 17.6 Å². The van der Waals surface area contributed by atoms with E-state index in [1.54, 1.807) is 0 Å². The van der Waals surface area contributed by atoms with Crippen LogP contribution in [-0.2, 0) is 14.3 Å². The van der Waals surface area contributed by atoms with Gasteiger partial charge in [-0.15, -0.1) is 0 Å². The van der Waals surface area contributed by atoms with Gasteiger partial charge in [0.15, 0.2) is 0 Å². The zero-order chi connectivity index (χ0) is 14.3. The van der Waals surface area contributed by atoms with Crippen LogP contribution < -0.4 is 11.1 Å². The lowest BCUT2D eigenvalue weighted by Gasteiger charge is -2.24. The summed E-state index contributed by atoms with van der Waals surface area (Å²) >= 11 is 0. The van der Waals surface area contributed by atoms with Crippen molar-refractivity contribution >= 4 is 11.9 Å². The Morgan fingerprint density at radius 2 is 1.83 bits per heavy atom. The Morgan fingerprint density at radius 3 is 2.22 bits per heavy atom. The average molecular weight is 258 g/mol. The van der Waals surface area contributed by atoms with Gasteiger partial charge in [0, 0.05) is 0 Å². The second kappa shape index (κ2) is 8.08. The van der Waals surface area contributed by atoms with Crippen molar-refractivity contribution in [2.45, 2.75) is 52.6 Å². The largest absolute Gasteiger partial charge is 0.467 e. The second-order valence-electron chi connectivity index (χ2n) is 5.13. The van der Waals surface area contributed by atoms with Crippen LogP contribution in [0, 0.1) is 11.8 Å². The molecule has 0 aromatic carbocycles. The lowest BCUT2D eigenvalue weighted by atomic mass is 9.98. The fourth-order valence-corrected chi connectivity index (χ4v) is 1.67. The Balaban J connectivity index is 4.58. The maximum atomic E-state index is 11.9. The molecule has 0 bridgehead atoms. The fraction of sp³-hybridized carbons (Fsp3) is 0.846. The molecule has 1 amide bonds. The van der Waals surface area contributed by atoms with E-state index >= 15 is 0 Å². The van der Waals surface area contributed by atoms with Crippen LogP contribution >= 0.6 is 0 Å². The fourth-order valence-electron chi connectivity index (χ4n) is 1.67. The number of nitrogens with two attached hydrogens (primary N) is 1. The molecule has 5 nitrogen and oxygen atoms in total. The molecule has 106 valence electrons. The third-order valence-corrected chi connectivity index (χ3v) is 3.03. The van der Waals surface area contributed by atoms with E-state index in [0.29, 0.717) is 12.3 Å². The van der Waals surface area contributed by atoms with Crippen LogP contribution in [0.5, 0.6) is 0 Å². The van der Waals surface area contributed by atoms with Crippen LogP contribution in [0.4, 0.5) is 0 Å². The molecule has 0 aliphatic heterocycles. The monoisotopic (exact) mass is 258 g/mol. The molecule has 0 aromatic rings. The minimum atomic E-state index is -0.620. The van der Waals surface area contributed by atoms with E-state index in [-0.39, 0.29) is 11.8 Å². The number of hydrogen-bond donors (Lipinski definition) is 2. The first-order chi connectivity index (χ1) is 8.33. The molecular formula is C13H26N2O3. The van der Waals surface area contributed by atoms with Gasteiger partial charge in [-0.25, -0.2) is 4.79 Å². The molecular weight excluding hydrogens is 232 g/mol. The first-order valence-corrected chi connectivity index (χ1v) is 6.47. The molecule has 0 radical (unpaired) electrons. The van der Waals surface area contributed by atoms with E-state index in [0.717, 1.165) is 6.42 Å². The van der Waals surface area contributed by atoms with Crippen LogP contribution in [0.2, 0.25) is 0 Å². The lowest BCUT2D eigenvalue weighted by Crippen LogP contribution is -2.51. The van der Waals surface area contributed by atoms with Crippen molar-refractivity contribution in [1.82, 2.24) is 5.32 Å². The summed E-state index contributed by atoms with van der Waals surface area (Å²) in [5, 5.41) is 2.69. The van der Waals surface area contributed by atoms with Gasteiger partial charge in [0.2, 0.25) is 5.91 Å². The SMILES string of the molecule is CCC(C)C(NC(=O)[C@@H](N)CC(C)C)C(=O)OC. The van der Waals surface area contributed by atoms with Crippen LogP contribution in [0.15, 0.2) is 0 Å². The van der Waals surface area contributed by atoms with E-state index in [4.69, 9.17) is 10.5 Å². The quantitative estimate of drug-likeness (QED) is 0.669. The van der Waals surface area contributed by atoms with Crippen LogP contribution in [0.3, 0.4) is 0 Å². The number of nitrogens with one attached hydrogen (secondary N) is 1. The highest BCUT2D eigenvalue weighted by Crippen LogP contribution is 2.10. The van der Waals surface area contributed by atoms with Gasteiger partial charge >= 0.3 is 5.97 Å². The number of esters is 1. The third kappa shape index (κ3) is 5.49. The van der Waals surface area contributed by atoms with E-state index < -0.39 is 18.1 Å². The van der Waals surface area contributed by atoms with Gasteiger partial charge in [-0.3, -0.25) is 4.79 Å². The number of rotatable bonds is 7. The van der Waals surface area contributed by atoms with E-state index in [9.17, 15) is 9.59 Å². The van der Waals surface area contributed by atoms with Crippen molar-refractivity contribution in [3.63, 3.8) is 0 Å². The highest BCUT2D eigenvalue weighted by atomic mass is 16.5. The Kier molecular flexibility index (Phi) is 7.59. The topological polar surface area (TPSA) is 81.4 Å². The summed E-state index contributed by atoms with van der Waals surface area (Å²) in [5.74, 6) is -0.354. The van der Waals surface area contributed by atoms with Crippen LogP contribution in [-0.4, -0.2) is 31.1 Å². The van der Waals surface area contributed by atoms with Crippen molar-refractivity contribution in [3.8, 4) is 0 Å². The molecule has 5 heteroatoms. The summed E-state index contributed by atoms with van der Waals surface area (Å²) in [6.45, 7) is 7.86. The Morgan fingerprint density at radius 1 is 1.28 bits per heavy atom. The molecule has 0 rings (SSSR count). The Bertz CT molecular complexity index is 279. The molecule has 18 heavy (non-hydrogen) atoms. The van der Waals surface area contributed by atoms with E-state index in [1.807, 2.05) is 27.7 Å². The van der Waals surface area contributed by atoms with E-state index in [1.165, 1.54) is 7.11 Å². The highest BCUT2D eigenvalue weighted by molar-refractivity contribution is 5.87. The van der Waals surface area contributed by atoms with Crippen molar-refractivity contribution in [3.05, 3.63) is 0 Å². The number of methoxy groups -OCH3 is 1. The molecule has 0 fully saturated rings. The van der Waals surface area contributed by atoms with Crippen molar-refractivity contribution < 1.29 is 14.3 Å². The summed E-state index contributed by atoms with van der Waals surface area (Å²) in [4.78, 5) is 23.5. The summed E-state index contributed by atoms with van der Waals surface area (Å²) in [5.41, 5.74) is 5.79. The normalized spacial score (nSPS) is 15.9. The van der Waals surface area contributed by atoms with Gasteiger partial charge in [0.05, 0.1) is 13.2 Å². The zero-order valence-electron chi connectivity index (χ0n) is 12.0. The zero-order valence-corrected chi connectivity index (χ0v) is 12.0. The molecule has 2 unspecified atom stereocenters. The molecule has 0 aliphatic carbocycles. The van der Waals surface area contributed by atoms with Gasteiger partial charge in [0.1, 0.15) is 6.04 Å². The number of carbonyl (C=O) groups is 2. The minimum absolute atomic E-state index is 0.0210. The smallest absolute Gasteiger partial charge is 0.328 e. The summed E-state index contributed by atoms with van der Waals surface area (Å²) in [7, 11) is 1.32. The predicted octanol–water partition coefficient (Wildman–Crippen LogP) is 1.06. The average Bonchev–Trinajstić information content (AvgIpc) is 2.32. The van der Waals surface area contributed by atoms with Gasteiger partial charge < -0.3 is 15.8 Å². The highest BCUT2D eigenvalue weighted by Gasteiger charge is 2.28. The molecule has 0 saturated carbocycles. The summed E-state index contributed by atoms with van der Waals surface area (Å²) < 4.78 is 4.70. The predicted molar refractivity (Wildman–Crippen MR) is 70.8 cm³/mol. The van der Waals surface area contributed by atoms with Crippen molar-refractivity contribution in [2.75, 3.05) is 7.11 Å². The minimum Gasteiger partial charge on any atom is -0.467 e. The van der Waals surface area contributed by atoms with Gasteiger partial charge in [0.25, 0.3) is 0 Å². The van der Waals surface area contributed by atoms with Gasteiger partial charge in [-0.2, -0.15) is 0 Å². The van der Waals surface area contributed by atoms with Gasteiger partial charge in [-0.05, 0) is 18.3 Å². The maximum absolute atomic E-state index is 11.9. The number of ether oxygens (including phenoxy) is 1. The molecule has 0 heterocycles. The van der Waals surface area contributed by atoms with Crippen LogP contribution in [0.1, 0.15) is 40.5 Å². The van der Waals surface area contributed by atoms with Crippen molar-refractivity contribution in [1.29, 1.82) is 0 Å². The summed E-state index contributed by atoms with van der Waals surface area (Å²) in [6.07, 6.45) is 1.37. The maximum Gasteiger partial charge on any atom is 0.328 e. The molecule has 0 spiro atoms. The lowest BCUT2D eigenvalue weighted by molar-refractivity contribution is -0.146. The van der Waals surface area contributed by atoms with Gasteiger partial charge in [-0.1, -0.05) is 34.1 Å².